The zero-order valence-electron chi connectivity index (χ0n) is 7.17. The van der Waals surface area contributed by atoms with Crippen molar-refractivity contribution >= 4 is 21.2 Å². The molecule has 0 aromatic heterocycles. The van der Waals surface area contributed by atoms with Crippen molar-refractivity contribution in [2.45, 2.75) is 23.2 Å². The van der Waals surface area contributed by atoms with Gasteiger partial charge in [0.05, 0.1) is 0 Å². The summed E-state index contributed by atoms with van der Waals surface area (Å²) in [7, 11) is 0. The average molecular weight is 273 g/mol. The number of hydrogen-bond acceptors (Lipinski definition) is 0. The van der Waals surface area contributed by atoms with Crippen LogP contribution in [0.2, 0.25) is 0 Å². The Morgan fingerprint density at radius 1 is 1.08 bits per heavy atom. The molecule has 1 aliphatic rings. The standard InChI is InChI=1S/C11H14I/c1-2-6-10(7-3-1)11-8-4-5-9-12-11/h1-3,6-7,11H,4-5,8-9H2. The largest absolute Gasteiger partial charge is 0.143 e. The molecule has 1 heterocycles. The Balaban J connectivity index is 2.08. The van der Waals surface area contributed by atoms with Crippen LogP contribution < -0.4 is 0 Å². The lowest BCUT2D eigenvalue weighted by Crippen LogP contribution is -1.99. The van der Waals surface area contributed by atoms with Crippen molar-refractivity contribution < 1.29 is 0 Å². The number of hydrogen-bond donors (Lipinski definition) is 0. The molecular formula is C11H14I. The summed E-state index contributed by atoms with van der Waals surface area (Å²) >= 11 is 0.470. The van der Waals surface area contributed by atoms with Gasteiger partial charge in [-0.2, -0.15) is 0 Å². The summed E-state index contributed by atoms with van der Waals surface area (Å²) in [6.45, 7) is 0. The minimum absolute atomic E-state index is 0.470. The van der Waals surface area contributed by atoms with Gasteiger partial charge in [0.1, 0.15) is 0 Å². The van der Waals surface area contributed by atoms with Crippen molar-refractivity contribution in [1.29, 1.82) is 0 Å². The molecule has 1 heteroatoms. The van der Waals surface area contributed by atoms with E-state index in [1.807, 2.05) is 0 Å². The maximum atomic E-state index is 2.30. The van der Waals surface area contributed by atoms with Crippen LogP contribution in [0.4, 0.5) is 0 Å². The van der Waals surface area contributed by atoms with Crippen LogP contribution in [0.1, 0.15) is 28.8 Å². The van der Waals surface area contributed by atoms with E-state index in [1.54, 1.807) is 9.99 Å². The highest BCUT2D eigenvalue weighted by Crippen LogP contribution is 2.43. The Bertz CT molecular complexity index is 224. The van der Waals surface area contributed by atoms with Crippen LogP contribution in [0.5, 0.6) is 0 Å². The number of benzene rings is 1. The molecule has 0 N–H and O–H groups in total. The first-order valence-corrected chi connectivity index (χ1v) is 7.36. The summed E-state index contributed by atoms with van der Waals surface area (Å²) in [5.41, 5.74) is 1.60. The van der Waals surface area contributed by atoms with Crippen molar-refractivity contribution in [3.63, 3.8) is 0 Å². The molecule has 2 rings (SSSR count). The quantitative estimate of drug-likeness (QED) is 0.538. The first-order chi connectivity index (χ1) is 5.97. The van der Waals surface area contributed by atoms with E-state index in [0.29, 0.717) is 21.2 Å². The van der Waals surface area contributed by atoms with E-state index in [4.69, 9.17) is 0 Å². The molecule has 0 bridgehead atoms. The van der Waals surface area contributed by atoms with Crippen LogP contribution >= 0.6 is 21.2 Å². The van der Waals surface area contributed by atoms with Crippen LogP contribution in [0.25, 0.3) is 0 Å². The van der Waals surface area contributed by atoms with Gasteiger partial charge in [-0.05, 0) is 22.8 Å². The highest BCUT2D eigenvalue weighted by molar-refractivity contribution is 14.2. The Morgan fingerprint density at radius 2 is 1.92 bits per heavy atom. The van der Waals surface area contributed by atoms with E-state index in [0.717, 1.165) is 3.92 Å². The van der Waals surface area contributed by atoms with Crippen LogP contribution in [0.3, 0.4) is 0 Å². The molecule has 1 aliphatic heterocycles. The summed E-state index contributed by atoms with van der Waals surface area (Å²) in [6, 6.07) is 11.1. The van der Waals surface area contributed by atoms with E-state index in [-0.39, 0.29) is 0 Å². The minimum atomic E-state index is 0.470. The predicted molar refractivity (Wildman–Crippen MR) is 61.9 cm³/mol. The fraction of sp³-hybridized carbons (Fsp3) is 0.455. The summed E-state index contributed by atoms with van der Waals surface area (Å²) < 4.78 is 2.51. The summed E-state index contributed by atoms with van der Waals surface area (Å²) in [4.78, 5) is 0. The van der Waals surface area contributed by atoms with E-state index in [1.165, 1.54) is 19.3 Å². The second-order valence-corrected chi connectivity index (χ2v) is 6.68. The van der Waals surface area contributed by atoms with Gasteiger partial charge in [-0.1, -0.05) is 36.8 Å². The van der Waals surface area contributed by atoms with Gasteiger partial charge in [-0.3, -0.25) is 0 Å². The van der Waals surface area contributed by atoms with Gasteiger partial charge in [0, 0.05) is 3.92 Å². The molecule has 1 atom stereocenters. The van der Waals surface area contributed by atoms with Crippen molar-refractivity contribution in [2.24, 2.45) is 0 Å². The van der Waals surface area contributed by atoms with Crippen molar-refractivity contribution in [1.82, 2.24) is 0 Å². The molecule has 0 aliphatic carbocycles. The molecule has 0 amide bonds. The number of alkyl halides is 2. The van der Waals surface area contributed by atoms with Crippen molar-refractivity contribution in [3.8, 4) is 0 Å². The zero-order chi connectivity index (χ0) is 8.23. The Kier molecular flexibility index (Phi) is 3.03. The third-order valence-electron chi connectivity index (χ3n) is 2.30. The van der Waals surface area contributed by atoms with Crippen LogP contribution in [0, 0.1) is 0 Å². The lowest BCUT2D eigenvalue weighted by Gasteiger charge is -2.21. The second kappa shape index (κ2) is 4.26. The van der Waals surface area contributed by atoms with Crippen LogP contribution in [-0.4, -0.2) is 4.43 Å². The molecule has 1 fully saturated rings. The Morgan fingerprint density at radius 3 is 2.58 bits per heavy atom. The zero-order valence-corrected chi connectivity index (χ0v) is 9.33. The maximum absolute atomic E-state index is 2.30. The van der Waals surface area contributed by atoms with E-state index >= 15 is 0 Å². The van der Waals surface area contributed by atoms with Gasteiger partial charge in [0.25, 0.3) is 0 Å². The molecule has 1 radical (unpaired) electrons. The lowest BCUT2D eigenvalue weighted by molar-refractivity contribution is 0.716. The number of halogens is 1. The van der Waals surface area contributed by atoms with Crippen LogP contribution in [-0.2, 0) is 0 Å². The Hall–Kier alpha value is -0.0500. The molecule has 1 unspecified atom stereocenters. The highest BCUT2D eigenvalue weighted by Gasteiger charge is 2.14. The molecule has 0 saturated carbocycles. The maximum Gasteiger partial charge on any atom is 0.0275 e. The molecule has 0 spiro atoms. The molecule has 0 nitrogen and oxygen atoms in total. The molecule has 65 valence electrons. The molecule has 1 aromatic carbocycles. The van der Waals surface area contributed by atoms with Gasteiger partial charge in [-0.15, -0.1) is 21.2 Å². The monoisotopic (exact) mass is 273 g/mol. The lowest BCUT2D eigenvalue weighted by atomic mass is 10.1. The number of rotatable bonds is 1. The summed E-state index contributed by atoms with van der Waals surface area (Å²) in [5, 5.41) is 0. The Labute approximate surface area is 84.6 Å². The third-order valence-corrected chi connectivity index (χ3v) is 6.09. The first kappa shape index (κ1) is 8.54. The molecule has 12 heavy (non-hydrogen) atoms. The van der Waals surface area contributed by atoms with Gasteiger partial charge in [0.15, 0.2) is 0 Å². The minimum Gasteiger partial charge on any atom is -0.143 e. The van der Waals surface area contributed by atoms with Crippen molar-refractivity contribution in [2.75, 3.05) is 4.43 Å². The topological polar surface area (TPSA) is 0 Å². The second-order valence-electron chi connectivity index (χ2n) is 3.22. The van der Waals surface area contributed by atoms with Gasteiger partial charge >= 0.3 is 0 Å². The van der Waals surface area contributed by atoms with E-state index in [9.17, 15) is 0 Å². The summed E-state index contributed by atoms with van der Waals surface area (Å²) in [5.74, 6) is 0. The fourth-order valence-corrected chi connectivity index (χ4v) is 5.16. The average Bonchev–Trinajstić information content (AvgIpc) is 2.21. The van der Waals surface area contributed by atoms with Gasteiger partial charge in [-0.25, -0.2) is 0 Å². The van der Waals surface area contributed by atoms with Crippen LogP contribution in [0.15, 0.2) is 30.3 Å². The third kappa shape index (κ3) is 2.00. The van der Waals surface area contributed by atoms with E-state index < -0.39 is 0 Å². The summed E-state index contributed by atoms with van der Waals surface area (Å²) in [6.07, 6.45) is 4.41. The normalized spacial score (nSPS) is 23.8. The molecular weight excluding hydrogens is 259 g/mol. The van der Waals surface area contributed by atoms with Gasteiger partial charge in [0.2, 0.25) is 0 Å². The predicted octanol–water partition coefficient (Wildman–Crippen LogP) is 3.88. The fourth-order valence-electron chi connectivity index (χ4n) is 1.62. The molecule has 1 saturated heterocycles. The SMILES string of the molecule is c1ccc(C2CCCC[I]2)cc1. The van der Waals surface area contributed by atoms with Crippen molar-refractivity contribution in [3.05, 3.63) is 35.9 Å². The highest BCUT2D eigenvalue weighted by atomic mass is 127. The van der Waals surface area contributed by atoms with Gasteiger partial charge < -0.3 is 0 Å². The van der Waals surface area contributed by atoms with E-state index in [2.05, 4.69) is 30.3 Å². The molecule has 1 aromatic rings. The first-order valence-electron chi connectivity index (χ1n) is 4.59. The smallest absolute Gasteiger partial charge is 0.0275 e.